The van der Waals surface area contributed by atoms with Crippen LogP contribution in [0, 0.1) is 11.6 Å². The van der Waals surface area contributed by atoms with Gasteiger partial charge < -0.3 is 5.11 Å². The zero-order valence-corrected chi connectivity index (χ0v) is 25.2. The van der Waals surface area contributed by atoms with Gasteiger partial charge in [-0.3, -0.25) is 28.6 Å². The summed E-state index contributed by atoms with van der Waals surface area (Å²) in [6, 6.07) is 16.6. The number of aliphatic hydroxyl groups is 1. The third-order valence-electron chi connectivity index (χ3n) is 7.45. The number of fused-ring (bicyclic) bond motifs is 1. The molecule has 0 bridgehead atoms. The first kappa shape index (κ1) is 31.1. The van der Waals surface area contributed by atoms with E-state index in [4.69, 9.17) is 0 Å². The molecule has 3 heterocycles. The molecule has 0 spiro atoms. The lowest BCUT2D eigenvalue weighted by atomic mass is 10.0. The van der Waals surface area contributed by atoms with Crippen molar-refractivity contribution in [3.63, 3.8) is 0 Å². The summed E-state index contributed by atoms with van der Waals surface area (Å²) in [4.78, 5) is 47.0. The van der Waals surface area contributed by atoms with E-state index in [9.17, 15) is 28.3 Å². The molecule has 0 fully saturated rings. The van der Waals surface area contributed by atoms with E-state index in [2.05, 4.69) is 4.98 Å². The topological polar surface area (TPSA) is 97.4 Å². The maximum atomic E-state index is 14.8. The minimum atomic E-state index is -0.811. The molecule has 11 heteroatoms. The molecule has 0 aliphatic rings. The number of ketones is 1. The highest BCUT2D eigenvalue weighted by Gasteiger charge is 2.25. The first-order valence-corrected chi connectivity index (χ1v) is 15.1. The molecule has 0 aliphatic heterocycles. The Labute approximate surface area is 256 Å². The lowest BCUT2D eigenvalue weighted by Gasteiger charge is -2.18. The smallest absolute Gasteiger partial charge is 0.332 e. The summed E-state index contributed by atoms with van der Waals surface area (Å²) in [5, 5.41) is 9.96. The number of carbonyl (C=O) groups excluding carboxylic acids is 1. The van der Waals surface area contributed by atoms with Crippen molar-refractivity contribution in [2.24, 2.45) is 0 Å². The van der Waals surface area contributed by atoms with E-state index >= 15 is 0 Å². The fraction of sp³-hybridized carbons (Fsp3) is 0.273. The first-order chi connectivity index (χ1) is 21.2. The van der Waals surface area contributed by atoms with E-state index in [1.807, 2.05) is 61.3 Å². The van der Waals surface area contributed by atoms with Crippen LogP contribution in [0.5, 0.6) is 0 Å². The average molecular weight is 619 g/mol. The highest BCUT2D eigenvalue weighted by atomic mass is 32.1. The summed E-state index contributed by atoms with van der Waals surface area (Å²) in [6.07, 6.45) is 2.45. The van der Waals surface area contributed by atoms with Crippen LogP contribution in [0.25, 0.3) is 20.7 Å². The second kappa shape index (κ2) is 13.5. The number of hydrogen-bond acceptors (Lipinski definition) is 7. The number of Topliss-reactive ketones (excluding diaryl/α,β-unsaturated/α-hetero) is 1. The molecule has 5 rings (SSSR count). The standard InChI is InChI=1S/C33H32F2N4O4S/c1-3-24(41)17-21-10-12-22(13-11-21)30-26(19-37(2)18-23-7-4-5-14-36-23)29-31(42)38(15-16-40)33(43)39(32(29)44-30)20-25-27(34)8-6-9-28(25)35/h4-14,40H,3,15-20H2,1-2H3. The van der Waals surface area contributed by atoms with Crippen molar-refractivity contribution in [1.29, 1.82) is 0 Å². The number of aromatic nitrogens is 3. The van der Waals surface area contributed by atoms with Crippen LogP contribution in [0.2, 0.25) is 0 Å². The highest BCUT2D eigenvalue weighted by molar-refractivity contribution is 7.22. The Hall–Kier alpha value is -4.32. The van der Waals surface area contributed by atoms with Crippen molar-refractivity contribution in [2.75, 3.05) is 13.7 Å². The predicted octanol–water partition coefficient (Wildman–Crippen LogP) is 4.76. The summed E-state index contributed by atoms with van der Waals surface area (Å²) in [6.45, 7) is 1.39. The van der Waals surface area contributed by atoms with Gasteiger partial charge in [-0.2, -0.15) is 0 Å². The zero-order valence-electron chi connectivity index (χ0n) is 24.4. The Balaban J connectivity index is 1.72. The number of thiophene rings is 1. The van der Waals surface area contributed by atoms with Crippen molar-refractivity contribution in [2.45, 2.75) is 45.9 Å². The largest absolute Gasteiger partial charge is 0.395 e. The minimum absolute atomic E-state index is 0.116. The van der Waals surface area contributed by atoms with E-state index in [0.717, 1.165) is 33.5 Å². The van der Waals surface area contributed by atoms with Gasteiger partial charge >= 0.3 is 5.69 Å². The first-order valence-electron chi connectivity index (χ1n) is 14.2. The van der Waals surface area contributed by atoms with Gasteiger partial charge in [-0.15, -0.1) is 11.3 Å². The van der Waals surface area contributed by atoms with E-state index in [0.29, 0.717) is 36.4 Å². The molecule has 0 unspecified atom stereocenters. The summed E-state index contributed by atoms with van der Waals surface area (Å²) < 4.78 is 31.7. The third kappa shape index (κ3) is 6.45. The number of hydrogen-bond donors (Lipinski definition) is 1. The number of carbonyl (C=O) groups is 1. The van der Waals surface area contributed by atoms with E-state index in [-0.39, 0.29) is 28.1 Å². The molecule has 8 nitrogen and oxygen atoms in total. The van der Waals surface area contributed by atoms with Crippen LogP contribution in [-0.2, 0) is 37.4 Å². The minimum Gasteiger partial charge on any atom is -0.395 e. The molecule has 0 atom stereocenters. The molecule has 44 heavy (non-hydrogen) atoms. The lowest BCUT2D eigenvalue weighted by Crippen LogP contribution is -2.41. The molecule has 0 aliphatic carbocycles. The molecule has 0 saturated heterocycles. The molecule has 3 aromatic heterocycles. The molecule has 228 valence electrons. The third-order valence-corrected chi connectivity index (χ3v) is 8.76. The van der Waals surface area contributed by atoms with E-state index in [1.54, 1.807) is 6.20 Å². The lowest BCUT2D eigenvalue weighted by molar-refractivity contribution is -0.118. The fourth-order valence-electron chi connectivity index (χ4n) is 5.20. The molecule has 2 aromatic carbocycles. The van der Waals surface area contributed by atoms with Crippen LogP contribution in [-0.4, -0.2) is 43.6 Å². The van der Waals surface area contributed by atoms with Crippen LogP contribution in [0.1, 0.15) is 35.7 Å². The van der Waals surface area contributed by atoms with Crippen LogP contribution < -0.4 is 11.2 Å². The Morgan fingerprint density at radius 3 is 2.32 bits per heavy atom. The van der Waals surface area contributed by atoms with Crippen molar-refractivity contribution >= 4 is 27.3 Å². The van der Waals surface area contributed by atoms with Gasteiger partial charge in [-0.05, 0) is 48.0 Å². The van der Waals surface area contributed by atoms with Crippen molar-refractivity contribution in [1.82, 2.24) is 19.0 Å². The monoisotopic (exact) mass is 618 g/mol. The fourth-order valence-corrected chi connectivity index (χ4v) is 6.50. The van der Waals surface area contributed by atoms with Gasteiger partial charge in [0.25, 0.3) is 5.56 Å². The Kier molecular flexibility index (Phi) is 9.58. The Bertz CT molecular complexity index is 1900. The van der Waals surface area contributed by atoms with Gasteiger partial charge in [-0.25, -0.2) is 13.6 Å². The number of pyridine rings is 1. The quantitative estimate of drug-likeness (QED) is 0.217. The highest BCUT2D eigenvalue weighted by Crippen LogP contribution is 2.38. The number of halogens is 2. The summed E-state index contributed by atoms with van der Waals surface area (Å²) >= 11 is 1.20. The normalized spacial score (nSPS) is 11.5. The van der Waals surface area contributed by atoms with Crippen LogP contribution in [0.3, 0.4) is 0 Å². The summed E-state index contributed by atoms with van der Waals surface area (Å²) in [7, 11) is 1.89. The maximum absolute atomic E-state index is 14.8. The number of aliphatic hydroxyl groups excluding tert-OH is 1. The van der Waals surface area contributed by atoms with Gasteiger partial charge in [-0.1, -0.05) is 43.3 Å². The van der Waals surface area contributed by atoms with Gasteiger partial charge in [0.05, 0.1) is 30.8 Å². The number of nitrogens with zero attached hydrogens (tertiary/aromatic N) is 4. The van der Waals surface area contributed by atoms with Crippen LogP contribution >= 0.6 is 11.3 Å². The van der Waals surface area contributed by atoms with Crippen molar-refractivity contribution < 1.29 is 18.7 Å². The Morgan fingerprint density at radius 2 is 1.68 bits per heavy atom. The predicted molar refractivity (Wildman–Crippen MR) is 167 cm³/mol. The summed E-state index contributed by atoms with van der Waals surface area (Å²) in [5.74, 6) is -1.51. The number of rotatable bonds is 12. The van der Waals surface area contributed by atoms with Gasteiger partial charge in [0.1, 0.15) is 22.2 Å². The van der Waals surface area contributed by atoms with E-state index in [1.165, 1.54) is 22.0 Å². The molecule has 0 saturated carbocycles. The average Bonchev–Trinajstić information content (AvgIpc) is 3.38. The van der Waals surface area contributed by atoms with Crippen molar-refractivity contribution in [3.05, 3.63) is 122 Å². The zero-order chi connectivity index (χ0) is 31.4. The SMILES string of the molecule is CCC(=O)Cc1ccc(-c2sc3c(c2CN(C)Cc2ccccn2)c(=O)n(CCO)c(=O)n3Cc2c(F)cccc2F)cc1. The molecule has 0 amide bonds. The van der Waals surface area contributed by atoms with Gasteiger partial charge in [0, 0.05) is 42.6 Å². The second-order valence-corrected chi connectivity index (χ2v) is 11.6. The number of benzene rings is 2. The van der Waals surface area contributed by atoms with Crippen LogP contribution in [0.15, 0.2) is 76.4 Å². The van der Waals surface area contributed by atoms with Gasteiger partial charge in [0.2, 0.25) is 0 Å². The summed E-state index contributed by atoms with van der Waals surface area (Å²) in [5.41, 5.74) is 1.42. The molecular weight excluding hydrogens is 586 g/mol. The molecule has 0 radical (unpaired) electrons. The molecule has 5 aromatic rings. The van der Waals surface area contributed by atoms with Gasteiger partial charge in [0.15, 0.2) is 0 Å². The van der Waals surface area contributed by atoms with Crippen LogP contribution in [0.4, 0.5) is 8.78 Å². The molecular formula is C33H32F2N4O4S. The van der Waals surface area contributed by atoms with E-state index < -0.39 is 36.0 Å². The molecule has 1 N–H and O–H groups in total. The maximum Gasteiger partial charge on any atom is 0.332 e. The second-order valence-electron chi connectivity index (χ2n) is 10.6. The van der Waals surface area contributed by atoms with Crippen molar-refractivity contribution in [3.8, 4) is 10.4 Å². The Morgan fingerprint density at radius 1 is 0.955 bits per heavy atom.